The Bertz CT molecular complexity index is 1210. The van der Waals surface area contributed by atoms with E-state index in [1.807, 2.05) is 0 Å². The van der Waals surface area contributed by atoms with Gasteiger partial charge in [0, 0.05) is 48.9 Å². The minimum Gasteiger partial charge on any atom is -0.381 e. The van der Waals surface area contributed by atoms with Crippen molar-refractivity contribution in [2.75, 3.05) is 31.3 Å². The van der Waals surface area contributed by atoms with Crippen molar-refractivity contribution in [3.63, 3.8) is 0 Å². The summed E-state index contributed by atoms with van der Waals surface area (Å²) in [5, 5.41) is 6.40. The average molecular weight is 593 g/mol. The van der Waals surface area contributed by atoms with Crippen LogP contribution in [-0.2, 0) is 21.4 Å². The second-order valence-corrected chi connectivity index (χ2v) is 13.8. The van der Waals surface area contributed by atoms with Crippen LogP contribution in [0.2, 0.25) is 0 Å². The summed E-state index contributed by atoms with van der Waals surface area (Å²) in [4.78, 5) is 13.7. The molecule has 1 saturated carbocycles. The molecule has 3 fully saturated rings. The third-order valence-corrected chi connectivity index (χ3v) is 11.4. The molecule has 4 atom stereocenters. The second-order valence-electron chi connectivity index (χ2n) is 11.7. The maximum Gasteiger partial charge on any atom is 0.242 e. The molecule has 1 unspecified atom stereocenters. The summed E-state index contributed by atoms with van der Waals surface area (Å²) in [5.41, 5.74) is 7.50. The quantitative estimate of drug-likeness (QED) is 0.299. The number of methoxy groups -OCH3 is 1. The van der Waals surface area contributed by atoms with E-state index in [1.54, 1.807) is 35.7 Å². The molecular weight excluding hydrogens is 550 g/mol. The van der Waals surface area contributed by atoms with Crippen molar-refractivity contribution in [2.45, 2.75) is 81.0 Å². The van der Waals surface area contributed by atoms with E-state index in [1.165, 1.54) is 18.2 Å². The van der Waals surface area contributed by atoms with Crippen molar-refractivity contribution >= 4 is 22.4 Å². The fourth-order valence-corrected chi connectivity index (χ4v) is 8.74. The van der Waals surface area contributed by atoms with Crippen LogP contribution >= 0.6 is 10.8 Å². The SMILES string of the molecule is CO[C@H]1CC[C@](c2ccc(F)cc2)([C@H](N)C(=O)Nc2cccc(F)c2CC[C@H]2CN[C@@H]3CCCS(O)(O)N2C3)CC1. The Morgan fingerprint density at radius 1 is 1.20 bits per heavy atom. The summed E-state index contributed by atoms with van der Waals surface area (Å²) < 4.78 is 57.9. The molecule has 2 aliphatic heterocycles. The lowest BCUT2D eigenvalue weighted by atomic mass is 9.64. The molecule has 11 heteroatoms. The number of nitrogens with two attached hydrogens (primary N) is 1. The number of fused-ring (bicyclic) bond motifs is 2. The van der Waals surface area contributed by atoms with Crippen LogP contribution in [0.15, 0.2) is 42.5 Å². The highest BCUT2D eigenvalue weighted by Gasteiger charge is 2.45. The fourth-order valence-electron chi connectivity index (χ4n) is 6.88. The molecule has 6 N–H and O–H groups in total. The third kappa shape index (κ3) is 6.46. The molecule has 0 spiro atoms. The number of amides is 1. The zero-order chi connectivity index (χ0) is 29.2. The first-order valence-corrected chi connectivity index (χ1v) is 16.2. The van der Waals surface area contributed by atoms with Gasteiger partial charge < -0.3 is 21.1 Å². The van der Waals surface area contributed by atoms with Crippen LogP contribution in [0.25, 0.3) is 0 Å². The summed E-state index contributed by atoms with van der Waals surface area (Å²) in [6.07, 6.45) is 5.13. The van der Waals surface area contributed by atoms with Gasteiger partial charge in [0.05, 0.1) is 17.9 Å². The topological polar surface area (TPSA) is 120 Å². The van der Waals surface area contributed by atoms with E-state index in [2.05, 4.69) is 10.6 Å². The van der Waals surface area contributed by atoms with Gasteiger partial charge in [-0.25, -0.2) is 13.1 Å². The summed E-state index contributed by atoms with van der Waals surface area (Å²) in [6, 6.07) is 9.85. The lowest BCUT2D eigenvalue weighted by Gasteiger charge is -2.49. The van der Waals surface area contributed by atoms with Gasteiger partial charge in [-0.15, -0.1) is 10.8 Å². The molecule has 0 radical (unpaired) electrons. The monoisotopic (exact) mass is 592 g/mol. The van der Waals surface area contributed by atoms with E-state index in [9.17, 15) is 18.3 Å². The van der Waals surface area contributed by atoms with E-state index in [0.717, 1.165) is 18.4 Å². The maximum atomic E-state index is 15.2. The minimum atomic E-state index is -2.87. The van der Waals surface area contributed by atoms with Crippen LogP contribution in [0.1, 0.15) is 56.1 Å². The second kappa shape index (κ2) is 12.6. The molecule has 226 valence electrons. The smallest absolute Gasteiger partial charge is 0.242 e. The average Bonchev–Trinajstić information content (AvgIpc) is 3.08. The Labute approximate surface area is 242 Å². The number of benzene rings is 2. The highest BCUT2D eigenvalue weighted by atomic mass is 32.3. The largest absolute Gasteiger partial charge is 0.381 e. The molecule has 2 saturated heterocycles. The Hall–Kier alpha value is -2.12. The number of halogens is 2. The first-order chi connectivity index (χ1) is 19.6. The van der Waals surface area contributed by atoms with Gasteiger partial charge in [0.2, 0.25) is 5.91 Å². The Kier molecular flexibility index (Phi) is 9.34. The van der Waals surface area contributed by atoms with Crippen molar-refractivity contribution in [3.05, 3.63) is 65.2 Å². The number of rotatable bonds is 8. The Morgan fingerprint density at radius 3 is 2.63 bits per heavy atom. The van der Waals surface area contributed by atoms with Gasteiger partial charge in [0.25, 0.3) is 0 Å². The van der Waals surface area contributed by atoms with Crippen LogP contribution in [-0.4, -0.2) is 69.5 Å². The Morgan fingerprint density at radius 2 is 1.93 bits per heavy atom. The normalized spacial score (nSPS) is 31.1. The predicted molar refractivity (Wildman–Crippen MR) is 158 cm³/mol. The van der Waals surface area contributed by atoms with Crippen LogP contribution in [0.5, 0.6) is 0 Å². The zero-order valence-electron chi connectivity index (χ0n) is 23.5. The molecule has 2 aromatic rings. The summed E-state index contributed by atoms with van der Waals surface area (Å²) >= 11 is 0. The lowest BCUT2D eigenvalue weighted by molar-refractivity contribution is -0.119. The number of hydrogen-bond acceptors (Lipinski definition) is 7. The number of carbonyl (C=O) groups is 1. The van der Waals surface area contributed by atoms with Crippen LogP contribution in [0, 0.1) is 11.6 Å². The first kappa shape index (κ1) is 30.3. The van der Waals surface area contributed by atoms with Crippen molar-refractivity contribution in [3.8, 4) is 0 Å². The molecular formula is C30H42F2N4O4S. The number of piperazine rings is 1. The molecule has 2 aromatic carbocycles. The van der Waals surface area contributed by atoms with Gasteiger partial charge >= 0.3 is 0 Å². The van der Waals surface area contributed by atoms with Crippen LogP contribution in [0.3, 0.4) is 0 Å². The van der Waals surface area contributed by atoms with Gasteiger partial charge in [-0.2, -0.15) is 0 Å². The number of hydrogen-bond donors (Lipinski definition) is 5. The highest BCUT2D eigenvalue weighted by Crippen LogP contribution is 2.49. The number of carbonyl (C=O) groups excluding carboxylic acids is 1. The molecule has 41 heavy (non-hydrogen) atoms. The Balaban J connectivity index is 1.34. The molecule has 2 bridgehead atoms. The van der Waals surface area contributed by atoms with Gasteiger partial charge in [-0.1, -0.05) is 18.2 Å². The number of anilines is 1. The number of nitrogens with zero attached hydrogens (tertiary/aromatic N) is 1. The maximum absolute atomic E-state index is 15.2. The third-order valence-electron chi connectivity index (χ3n) is 9.36. The van der Waals surface area contributed by atoms with Crippen molar-refractivity contribution < 1.29 is 27.4 Å². The molecule has 3 aliphatic rings. The van der Waals surface area contributed by atoms with Crippen LogP contribution in [0.4, 0.5) is 14.5 Å². The van der Waals surface area contributed by atoms with E-state index in [0.29, 0.717) is 68.6 Å². The lowest BCUT2D eigenvalue weighted by Crippen LogP contribution is -2.55. The first-order valence-electron chi connectivity index (χ1n) is 14.5. The van der Waals surface area contributed by atoms with Crippen molar-refractivity contribution in [1.29, 1.82) is 0 Å². The highest BCUT2D eigenvalue weighted by molar-refractivity contribution is 8.22. The summed E-state index contributed by atoms with van der Waals surface area (Å²) in [7, 11) is -1.20. The number of nitrogens with one attached hydrogen (secondary N) is 2. The van der Waals surface area contributed by atoms with Gasteiger partial charge in [0.15, 0.2) is 0 Å². The van der Waals surface area contributed by atoms with Crippen molar-refractivity contribution in [2.24, 2.45) is 5.73 Å². The molecule has 2 heterocycles. The van der Waals surface area contributed by atoms with Gasteiger partial charge in [-0.05, 0) is 81.2 Å². The van der Waals surface area contributed by atoms with E-state index in [4.69, 9.17) is 10.5 Å². The number of ether oxygens (including phenoxy) is 1. The summed E-state index contributed by atoms with van der Waals surface area (Å²) in [5.74, 6) is -0.876. The van der Waals surface area contributed by atoms with Gasteiger partial charge in [-0.3, -0.25) is 13.9 Å². The van der Waals surface area contributed by atoms with Crippen molar-refractivity contribution in [1.82, 2.24) is 9.62 Å². The zero-order valence-corrected chi connectivity index (χ0v) is 24.3. The minimum absolute atomic E-state index is 0.0702. The fraction of sp³-hybridized carbons (Fsp3) is 0.567. The van der Waals surface area contributed by atoms with E-state index in [-0.39, 0.29) is 24.0 Å². The van der Waals surface area contributed by atoms with Crippen LogP contribution < -0.4 is 16.4 Å². The molecule has 1 aliphatic carbocycles. The van der Waals surface area contributed by atoms with E-state index < -0.39 is 34.0 Å². The molecule has 8 nitrogen and oxygen atoms in total. The molecule has 5 rings (SSSR count). The predicted octanol–water partition coefficient (Wildman–Crippen LogP) is 4.79. The molecule has 1 amide bonds. The van der Waals surface area contributed by atoms with Gasteiger partial charge in [0.1, 0.15) is 11.6 Å². The standard InChI is InChI=1S/C30H42F2N4O4S/c1-40-24-13-15-30(16-14-24,20-7-9-21(31)10-8-20)28(33)29(37)35-27-6-2-5-26(32)25(27)12-11-23-18-34-22-4-3-17-41(38,39)36(23)19-22/h2,5-10,22-24,28,34,38-39H,3-4,11-19,33H2,1H3,(H,35,37)/t22-,23+,24-,28-,30-/m1/s1. The van der Waals surface area contributed by atoms with E-state index >= 15 is 4.39 Å². The molecule has 0 aromatic heterocycles. The summed E-state index contributed by atoms with van der Waals surface area (Å²) in [6.45, 7) is 1.14.